The number of ether oxygens (including phenoxy) is 1. The van der Waals surface area contributed by atoms with Crippen LogP contribution in [0.5, 0.6) is 0 Å². The van der Waals surface area contributed by atoms with Crippen LogP contribution in [0.1, 0.15) is 50.8 Å². The van der Waals surface area contributed by atoms with Crippen molar-refractivity contribution >= 4 is 0 Å². The highest BCUT2D eigenvalue weighted by Gasteiger charge is 2.31. The van der Waals surface area contributed by atoms with Gasteiger partial charge in [0.1, 0.15) is 0 Å². The number of benzene rings is 1. The molecule has 1 fully saturated rings. The number of hydrogen-bond acceptors (Lipinski definition) is 2. The van der Waals surface area contributed by atoms with Crippen LogP contribution in [0, 0.1) is 0 Å². The number of nitrogens with one attached hydrogen (secondary N) is 1. The van der Waals surface area contributed by atoms with Gasteiger partial charge in [-0.3, -0.25) is 0 Å². The highest BCUT2D eigenvalue weighted by molar-refractivity contribution is 5.27. The lowest BCUT2D eigenvalue weighted by Gasteiger charge is -2.34. The molecule has 0 radical (unpaired) electrons. The standard InChI is InChI=1S/C16H22F3NO/c1-10-7-15(8-11(2)21-10)20-12(3)13-5-4-6-14(9-13)16(17,18)19/h4-6,9-12,15,20H,7-8H2,1-3H3. The molecular weight excluding hydrogens is 279 g/mol. The first kappa shape index (κ1) is 16.3. The van der Waals surface area contributed by atoms with E-state index in [9.17, 15) is 13.2 Å². The minimum atomic E-state index is -4.29. The first-order valence-corrected chi connectivity index (χ1v) is 7.34. The molecular formula is C16H22F3NO. The molecule has 118 valence electrons. The maximum absolute atomic E-state index is 12.8. The van der Waals surface area contributed by atoms with Crippen molar-refractivity contribution in [3.63, 3.8) is 0 Å². The van der Waals surface area contributed by atoms with Crippen molar-refractivity contribution in [1.82, 2.24) is 5.32 Å². The molecule has 3 unspecified atom stereocenters. The van der Waals surface area contributed by atoms with Crippen molar-refractivity contribution in [2.24, 2.45) is 0 Å². The van der Waals surface area contributed by atoms with Crippen LogP contribution in [0.25, 0.3) is 0 Å². The van der Waals surface area contributed by atoms with E-state index in [1.807, 2.05) is 20.8 Å². The molecule has 1 aromatic rings. The number of alkyl halides is 3. The third-order valence-corrected chi connectivity index (χ3v) is 3.90. The summed E-state index contributed by atoms with van der Waals surface area (Å²) in [5.41, 5.74) is 0.0685. The summed E-state index contributed by atoms with van der Waals surface area (Å²) in [6.45, 7) is 5.96. The average molecular weight is 301 g/mol. The Morgan fingerprint density at radius 3 is 2.38 bits per heavy atom. The topological polar surface area (TPSA) is 21.3 Å². The summed E-state index contributed by atoms with van der Waals surface area (Å²) in [6, 6.07) is 5.69. The molecule has 1 heterocycles. The fourth-order valence-corrected chi connectivity index (χ4v) is 2.98. The van der Waals surface area contributed by atoms with Gasteiger partial charge in [0.05, 0.1) is 17.8 Å². The molecule has 0 saturated carbocycles. The Balaban J connectivity index is 2.05. The molecule has 0 spiro atoms. The quantitative estimate of drug-likeness (QED) is 0.898. The van der Waals surface area contributed by atoms with Crippen molar-refractivity contribution in [3.8, 4) is 0 Å². The van der Waals surface area contributed by atoms with Crippen LogP contribution in [-0.4, -0.2) is 18.2 Å². The van der Waals surface area contributed by atoms with Gasteiger partial charge in [-0.15, -0.1) is 0 Å². The Kier molecular flexibility index (Phi) is 4.94. The van der Waals surface area contributed by atoms with E-state index in [0.29, 0.717) is 5.56 Å². The molecule has 1 aromatic carbocycles. The third-order valence-electron chi connectivity index (χ3n) is 3.90. The molecule has 1 saturated heterocycles. The lowest BCUT2D eigenvalue weighted by Crippen LogP contribution is -2.42. The predicted octanol–water partition coefficient (Wildman–Crippen LogP) is 4.31. The van der Waals surface area contributed by atoms with E-state index in [-0.39, 0.29) is 24.3 Å². The van der Waals surface area contributed by atoms with Crippen molar-refractivity contribution in [2.45, 2.75) is 64.1 Å². The lowest BCUT2D eigenvalue weighted by atomic mass is 9.97. The molecule has 0 aromatic heterocycles. The summed E-state index contributed by atoms with van der Waals surface area (Å²) >= 11 is 0. The Hall–Kier alpha value is -1.07. The average Bonchev–Trinajstić information content (AvgIpc) is 2.36. The Labute approximate surface area is 123 Å². The maximum atomic E-state index is 12.8. The molecule has 21 heavy (non-hydrogen) atoms. The van der Waals surface area contributed by atoms with Gasteiger partial charge in [-0.2, -0.15) is 13.2 Å². The fraction of sp³-hybridized carbons (Fsp3) is 0.625. The van der Waals surface area contributed by atoms with Crippen LogP contribution in [0.15, 0.2) is 24.3 Å². The molecule has 0 amide bonds. The van der Waals surface area contributed by atoms with Crippen LogP contribution in [0.4, 0.5) is 13.2 Å². The molecule has 1 aliphatic rings. The Morgan fingerprint density at radius 1 is 1.19 bits per heavy atom. The summed E-state index contributed by atoms with van der Waals surface area (Å²) in [4.78, 5) is 0. The van der Waals surface area contributed by atoms with Gasteiger partial charge in [-0.1, -0.05) is 12.1 Å². The van der Waals surface area contributed by atoms with Gasteiger partial charge < -0.3 is 10.1 Å². The monoisotopic (exact) mass is 301 g/mol. The van der Waals surface area contributed by atoms with Crippen molar-refractivity contribution in [2.75, 3.05) is 0 Å². The van der Waals surface area contributed by atoms with E-state index in [1.165, 1.54) is 12.1 Å². The molecule has 3 atom stereocenters. The van der Waals surface area contributed by atoms with Gasteiger partial charge in [-0.25, -0.2) is 0 Å². The van der Waals surface area contributed by atoms with Crippen molar-refractivity contribution in [1.29, 1.82) is 0 Å². The molecule has 5 heteroatoms. The summed E-state index contributed by atoms with van der Waals surface area (Å²) in [5.74, 6) is 0. The predicted molar refractivity (Wildman–Crippen MR) is 76.0 cm³/mol. The minimum absolute atomic E-state index is 0.116. The highest BCUT2D eigenvalue weighted by Crippen LogP contribution is 2.31. The van der Waals surface area contributed by atoms with Crippen LogP contribution in [0.2, 0.25) is 0 Å². The van der Waals surface area contributed by atoms with E-state index in [4.69, 9.17) is 4.74 Å². The van der Waals surface area contributed by atoms with Gasteiger partial charge in [-0.05, 0) is 51.3 Å². The van der Waals surface area contributed by atoms with Crippen LogP contribution in [-0.2, 0) is 10.9 Å². The first-order chi connectivity index (χ1) is 9.75. The van der Waals surface area contributed by atoms with E-state index in [2.05, 4.69) is 5.32 Å². The smallest absolute Gasteiger partial charge is 0.375 e. The molecule has 1 aliphatic heterocycles. The lowest BCUT2D eigenvalue weighted by molar-refractivity contribution is -0.137. The minimum Gasteiger partial charge on any atom is -0.375 e. The zero-order valence-corrected chi connectivity index (χ0v) is 12.6. The normalized spacial score (nSPS) is 28.4. The van der Waals surface area contributed by atoms with E-state index < -0.39 is 11.7 Å². The zero-order valence-electron chi connectivity index (χ0n) is 12.6. The molecule has 0 bridgehead atoms. The van der Waals surface area contributed by atoms with Crippen LogP contribution in [0.3, 0.4) is 0 Å². The van der Waals surface area contributed by atoms with Gasteiger partial charge >= 0.3 is 6.18 Å². The van der Waals surface area contributed by atoms with Crippen molar-refractivity contribution in [3.05, 3.63) is 35.4 Å². The second-order valence-electron chi connectivity index (χ2n) is 5.94. The fourth-order valence-electron chi connectivity index (χ4n) is 2.98. The van der Waals surface area contributed by atoms with Crippen LogP contribution >= 0.6 is 0 Å². The van der Waals surface area contributed by atoms with Gasteiger partial charge in [0, 0.05) is 12.1 Å². The molecule has 2 rings (SSSR count). The summed E-state index contributed by atoms with van der Waals surface area (Å²) < 4.78 is 43.9. The molecule has 1 N–H and O–H groups in total. The summed E-state index contributed by atoms with van der Waals surface area (Å²) in [6.07, 6.45) is -2.17. The third kappa shape index (κ3) is 4.45. The molecule has 2 nitrogen and oxygen atoms in total. The Bertz CT molecular complexity index is 465. The second-order valence-corrected chi connectivity index (χ2v) is 5.94. The van der Waals surface area contributed by atoms with Gasteiger partial charge in [0.15, 0.2) is 0 Å². The van der Waals surface area contributed by atoms with Crippen LogP contribution < -0.4 is 5.32 Å². The van der Waals surface area contributed by atoms with Crippen molar-refractivity contribution < 1.29 is 17.9 Å². The number of hydrogen-bond donors (Lipinski definition) is 1. The molecule has 0 aliphatic carbocycles. The van der Waals surface area contributed by atoms with Gasteiger partial charge in [0.2, 0.25) is 0 Å². The van der Waals surface area contributed by atoms with E-state index in [1.54, 1.807) is 6.07 Å². The maximum Gasteiger partial charge on any atom is 0.416 e. The summed E-state index contributed by atoms with van der Waals surface area (Å²) in [5, 5.41) is 3.43. The number of rotatable bonds is 3. The largest absolute Gasteiger partial charge is 0.416 e. The number of halogens is 3. The second kappa shape index (κ2) is 6.36. The SMILES string of the molecule is CC1CC(NC(C)c2cccc(C(F)(F)F)c2)CC(C)O1. The van der Waals surface area contributed by atoms with Gasteiger partial charge in [0.25, 0.3) is 0 Å². The van der Waals surface area contributed by atoms with E-state index in [0.717, 1.165) is 18.9 Å². The van der Waals surface area contributed by atoms with E-state index >= 15 is 0 Å². The summed E-state index contributed by atoms with van der Waals surface area (Å²) in [7, 11) is 0. The zero-order chi connectivity index (χ0) is 15.6. The Morgan fingerprint density at radius 2 is 1.81 bits per heavy atom. The first-order valence-electron chi connectivity index (χ1n) is 7.34. The highest BCUT2D eigenvalue weighted by atomic mass is 19.4.